The van der Waals surface area contributed by atoms with Crippen LogP contribution in [-0.2, 0) is 38.0 Å². The van der Waals surface area contributed by atoms with E-state index in [9.17, 15) is 41.0 Å². The minimum atomic E-state index is -4.98. The molecule has 43 heavy (non-hydrogen) atoms. The van der Waals surface area contributed by atoms with Gasteiger partial charge in [-0.2, -0.15) is 26.3 Å². The van der Waals surface area contributed by atoms with Crippen molar-refractivity contribution in [3.63, 3.8) is 0 Å². The van der Waals surface area contributed by atoms with Crippen LogP contribution >= 0.6 is 0 Å². The van der Waals surface area contributed by atoms with Crippen LogP contribution in [0.5, 0.6) is 5.75 Å². The molecule has 236 valence electrons. The third-order valence-electron chi connectivity index (χ3n) is 7.78. The summed E-state index contributed by atoms with van der Waals surface area (Å²) in [6, 6.07) is 1.75. The second-order valence-corrected chi connectivity index (χ2v) is 11.6. The van der Waals surface area contributed by atoms with E-state index in [1.165, 1.54) is 13.2 Å². The maximum Gasteiger partial charge on any atom is 0.433 e. The molecule has 1 amide bonds. The zero-order valence-electron chi connectivity index (χ0n) is 23.8. The molecule has 4 rings (SSSR count). The van der Waals surface area contributed by atoms with Crippen LogP contribution < -0.4 is 4.74 Å². The van der Waals surface area contributed by atoms with Gasteiger partial charge in [0.2, 0.25) is 0 Å². The number of pyridine rings is 1. The highest BCUT2D eigenvalue weighted by atomic mass is 19.4. The number of ether oxygens (including phenoxy) is 3. The van der Waals surface area contributed by atoms with Gasteiger partial charge in [-0.1, -0.05) is 26.8 Å². The maximum atomic E-state index is 14.3. The fourth-order valence-electron chi connectivity index (χ4n) is 6.00. The smallest absolute Gasteiger partial charge is 0.433 e. The van der Waals surface area contributed by atoms with Crippen LogP contribution in [0.2, 0.25) is 0 Å². The molecule has 0 spiro atoms. The lowest BCUT2D eigenvalue weighted by Crippen LogP contribution is -2.50. The molecule has 1 N–H and O–H groups in total. The first kappa shape index (κ1) is 32.5. The Bertz CT molecular complexity index is 1340. The van der Waals surface area contributed by atoms with Crippen LogP contribution in [0.3, 0.4) is 0 Å². The first-order chi connectivity index (χ1) is 20.0. The molecule has 5 atom stereocenters. The first-order valence-corrected chi connectivity index (χ1v) is 13.5. The molecule has 0 bridgehead atoms. The van der Waals surface area contributed by atoms with Gasteiger partial charge >= 0.3 is 18.3 Å². The van der Waals surface area contributed by atoms with Crippen LogP contribution in [0.4, 0.5) is 26.3 Å². The Balaban J connectivity index is 1.91. The lowest BCUT2D eigenvalue weighted by atomic mass is 9.73. The van der Waals surface area contributed by atoms with Crippen molar-refractivity contribution < 1.29 is 55.2 Å². The second kappa shape index (κ2) is 11.9. The van der Waals surface area contributed by atoms with Crippen molar-refractivity contribution in [3.05, 3.63) is 58.9 Å². The molecule has 3 heterocycles. The molecule has 2 aliphatic rings. The number of alkyl halides is 6. The van der Waals surface area contributed by atoms with Crippen LogP contribution in [0, 0.1) is 11.3 Å². The van der Waals surface area contributed by atoms with Gasteiger partial charge in [-0.25, -0.2) is 4.79 Å². The number of carboxylic acid groups (broad SMARTS) is 1. The molecule has 2 saturated heterocycles. The molecule has 0 saturated carbocycles. The molecule has 1 aromatic heterocycles. The predicted octanol–water partition coefficient (Wildman–Crippen LogP) is 5.89. The largest absolute Gasteiger partial charge is 0.496 e. The molecule has 2 aliphatic heterocycles. The number of rotatable bonds is 7. The zero-order valence-corrected chi connectivity index (χ0v) is 23.8. The molecule has 0 unspecified atom stereocenters. The van der Waals surface area contributed by atoms with Crippen molar-refractivity contribution in [1.29, 1.82) is 0 Å². The molecular weight excluding hydrogens is 586 g/mol. The summed E-state index contributed by atoms with van der Waals surface area (Å²) < 4.78 is 100. The summed E-state index contributed by atoms with van der Waals surface area (Å²) >= 11 is 0. The van der Waals surface area contributed by atoms with Gasteiger partial charge in [-0.15, -0.1) is 0 Å². The van der Waals surface area contributed by atoms with Gasteiger partial charge in [0.25, 0.3) is 5.91 Å². The Morgan fingerprint density at radius 3 is 2.33 bits per heavy atom. The third kappa shape index (κ3) is 6.59. The van der Waals surface area contributed by atoms with Crippen molar-refractivity contribution in [1.82, 2.24) is 9.88 Å². The predicted molar refractivity (Wildman–Crippen MR) is 139 cm³/mol. The average Bonchev–Trinajstić information content (AvgIpc) is 3.57. The van der Waals surface area contributed by atoms with E-state index >= 15 is 0 Å². The highest BCUT2D eigenvalue weighted by Gasteiger charge is 2.61. The van der Waals surface area contributed by atoms with E-state index in [1.54, 1.807) is 20.8 Å². The highest BCUT2D eigenvalue weighted by molar-refractivity contribution is 5.88. The second-order valence-electron chi connectivity index (χ2n) is 11.6. The summed E-state index contributed by atoms with van der Waals surface area (Å²) in [4.78, 5) is 31.1. The molecule has 2 fully saturated rings. The molecule has 0 aliphatic carbocycles. The SMILES string of the molecule is COc1ccc(C(F)(F)F)cc1CO[C@H]1[C@H](C(C)(C)C)[C@@H](C(=O)O)N(C(=O)[C@@H]2CCCO2)[C@H]1c1cccnc1C(F)(F)F. The van der Waals surface area contributed by atoms with Crippen molar-refractivity contribution in [2.45, 2.75) is 76.9 Å². The van der Waals surface area contributed by atoms with Gasteiger partial charge in [0.1, 0.15) is 23.6 Å². The number of amides is 1. The summed E-state index contributed by atoms with van der Waals surface area (Å²) in [7, 11) is 1.23. The fraction of sp³-hybridized carbons (Fsp3) is 0.552. The van der Waals surface area contributed by atoms with Crippen molar-refractivity contribution >= 4 is 11.9 Å². The number of benzene rings is 1. The van der Waals surface area contributed by atoms with Crippen LogP contribution in [0.15, 0.2) is 36.5 Å². The average molecular weight is 619 g/mol. The number of likely N-dealkylation sites (tertiary alicyclic amines) is 1. The van der Waals surface area contributed by atoms with E-state index in [0.29, 0.717) is 6.42 Å². The number of halogens is 6. The number of nitrogens with zero attached hydrogens (tertiary/aromatic N) is 2. The maximum absolute atomic E-state index is 14.3. The standard InChI is InChI=1S/C29H32F6N2O6/c1-27(2,3)20-22(26(39)40)37(25(38)19-8-6-12-42-19)21(17-7-5-11-36-24(17)29(33,34)35)23(20)43-14-15-13-16(28(30,31)32)9-10-18(15)41-4/h5,7,9-11,13,19-23H,6,8,12,14H2,1-4H3,(H,39,40)/t19-,20+,21-,22-,23-/m0/s1. The third-order valence-corrected chi connectivity index (χ3v) is 7.78. The van der Waals surface area contributed by atoms with Crippen LogP contribution in [-0.4, -0.2) is 58.8 Å². The van der Waals surface area contributed by atoms with Gasteiger partial charge in [0.15, 0.2) is 0 Å². The van der Waals surface area contributed by atoms with Crippen LogP contribution in [0.1, 0.15) is 62.0 Å². The summed E-state index contributed by atoms with van der Waals surface area (Å²) in [5.41, 5.74) is -3.89. The number of hydrogen-bond donors (Lipinski definition) is 1. The minimum Gasteiger partial charge on any atom is -0.496 e. The Morgan fingerprint density at radius 2 is 1.79 bits per heavy atom. The van der Waals surface area contributed by atoms with E-state index < -0.39 is 83.3 Å². The quantitative estimate of drug-likeness (QED) is 0.387. The number of carboxylic acids is 1. The van der Waals surface area contributed by atoms with E-state index in [0.717, 1.165) is 35.4 Å². The van der Waals surface area contributed by atoms with Crippen LogP contribution in [0.25, 0.3) is 0 Å². The van der Waals surface area contributed by atoms with Crippen molar-refractivity contribution in [2.24, 2.45) is 11.3 Å². The molecule has 0 radical (unpaired) electrons. The van der Waals surface area contributed by atoms with E-state index in [-0.39, 0.29) is 24.3 Å². The van der Waals surface area contributed by atoms with Crippen molar-refractivity contribution in [2.75, 3.05) is 13.7 Å². The number of methoxy groups -OCH3 is 1. The van der Waals surface area contributed by atoms with Gasteiger partial charge in [-0.3, -0.25) is 9.78 Å². The zero-order chi connectivity index (χ0) is 31.9. The topological polar surface area (TPSA) is 98.2 Å². The number of carbonyl (C=O) groups excluding carboxylic acids is 1. The Hall–Kier alpha value is -3.39. The number of aromatic nitrogens is 1. The van der Waals surface area contributed by atoms with E-state index in [1.807, 2.05) is 0 Å². The highest BCUT2D eigenvalue weighted by Crippen LogP contribution is 2.52. The molecular formula is C29H32F6N2O6. The van der Waals surface area contributed by atoms with E-state index in [4.69, 9.17) is 14.2 Å². The molecule has 2 aromatic rings. The lowest BCUT2D eigenvalue weighted by molar-refractivity contribution is -0.157. The van der Waals surface area contributed by atoms with Gasteiger partial charge in [0, 0.05) is 29.8 Å². The van der Waals surface area contributed by atoms with Gasteiger partial charge in [0.05, 0.1) is 31.4 Å². The first-order valence-electron chi connectivity index (χ1n) is 13.5. The van der Waals surface area contributed by atoms with E-state index in [2.05, 4.69) is 4.98 Å². The summed E-state index contributed by atoms with van der Waals surface area (Å²) in [6.07, 6.45) is -10.5. The molecule has 14 heteroatoms. The lowest BCUT2D eigenvalue weighted by Gasteiger charge is -2.35. The Kier molecular flexibility index (Phi) is 9.04. The van der Waals surface area contributed by atoms with Gasteiger partial charge in [-0.05, 0) is 42.5 Å². The normalized spacial score (nSPS) is 24.8. The Labute approximate surface area is 243 Å². The van der Waals surface area contributed by atoms with Gasteiger partial charge < -0.3 is 24.2 Å². The summed E-state index contributed by atoms with van der Waals surface area (Å²) in [5, 5.41) is 10.4. The van der Waals surface area contributed by atoms with Crippen molar-refractivity contribution in [3.8, 4) is 5.75 Å². The number of carbonyl (C=O) groups is 2. The Morgan fingerprint density at radius 1 is 1.09 bits per heavy atom. The molecule has 1 aromatic carbocycles. The monoisotopic (exact) mass is 618 g/mol. The summed E-state index contributed by atoms with van der Waals surface area (Å²) in [6.45, 7) is 4.58. The minimum absolute atomic E-state index is 0.0225. The molecule has 8 nitrogen and oxygen atoms in total. The number of hydrogen-bond acceptors (Lipinski definition) is 6. The fourth-order valence-corrected chi connectivity index (χ4v) is 6.00. The summed E-state index contributed by atoms with van der Waals surface area (Å²) in [5.74, 6) is -3.38. The number of aliphatic carboxylic acids is 1.